The van der Waals surface area contributed by atoms with Crippen molar-refractivity contribution in [1.82, 2.24) is 0 Å². The van der Waals surface area contributed by atoms with Gasteiger partial charge in [0.1, 0.15) is 10.6 Å². The van der Waals surface area contributed by atoms with Gasteiger partial charge in [-0.25, -0.2) is 0 Å². The molecule has 2 aromatic carbocycles. The molecule has 7 nitrogen and oxygen atoms in total. The minimum Gasteiger partial charge on any atom is -0.496 e. The molecule has 2 rings (SSSR count). The number of nitro groups is 1. The molecular formula is C15H15NO6S. The number of rotatable bonds is 5. The maximum absolute atomic E-state index is 12.3. The summed E-state index contributed by atoms with van der Waals surface area (Å²) in [5.41, 5.74) is 0.830. The highest BCUT2D eigenvalue weighted by molar-refractivity contribution is 7.87. The standard InChI is InChI=1S/C15H15NO6S/c1-10-4-6-15(13(8-10)16(17)18)22-23(19,20)12-5-7-14(21-3)11(2)9-12/h4-9H,1-3H3. The first-order valence-corrected chi connectivity index (χ1v) is 7.99. The summed E-state index contributed by atoms with van der Waals surface area (Å²) in [7, 11) is -2.71. The molecule has 0 amide bonds. The van der Waals surface area contributed by atoms with Gasteiger partial charge in [0, 0.05) is 6.07 Å². The van der Waals surface area contributed by atoms with Crippen molar-refractivity contribution >= 4 is 15.8 Å². The lowest BCUT2D eigenvalue weighted by atomic mass is 10.2. The van der Waals surface area contributed by atoms with E-state index >= 15 is 0 Å². The summed E-state index contributed by atoms with van der Waals surface area (Å²) in [6, 6.07) is 8.26. The van der Waals surface area contributed by atoms with Crippen LogP contribution in [-0.4, -0.2) is 20.5 Å². The fourth-order valence-corrected chi connectivity index (χ4v) is 3.04. The van der Waals surface area contributed by atoms with Gasteiger partial charge in [-0.3, -0.25) is 10.1 Å². The molecule has 0 unspecified atom stereocenters. The van der Waals surface area contributed by atoms with E-state index in [4.69, 9.17) is 8.92 Å². The lowest BCUT2D eigenvalue weighted by Gasteiger charge is -2.10. The third kappa shape index (κ3) is 3.59. The minimum atomic E-state index is -4.19. The zero-order valence-electron chi connectivity index (χ0n) is 12.8. The van der Waals surface area contributed by atoms with Gasteiger partial charge in [0.15, 0.2) is 0 Å². The smallest absolute Gasteiger partial charge is 0.339 e. The maximum Gasteiger partial charge on any atom is 0.339 e. The van der Waals surface area contributed by atoms with Gasteiger partial charge < -0.3 is 8.92 Å². The average Bonchev–Trinajstić information content (AvgIpc) is 2.48. The van der Waals surface area contributed by atoms with Crippen LogP contribution < -0.4 is 8.92 Å². The van der Waals surface area contributed by atoms with Gasteiger partial charge in [-0.15, -0.1) is 0 Å². The largest absolute Gasteiger partial charge is 0.496 e. The quantitative estimate of drug-likeness (QED) is 0.473. The topological polar surface area (TPSA) is 95.7 Å². The van der Waals surface area contributed by atoms with E-state index in [2.05, 4.69) is 0 Å². The number of hydrogen-bond acceptors (Lipinski definition) is 6. The Hall–Kier alpha value is -2.61. The van der Waals surface area contributed by atoms with Crippen molar-refractivity contribution in [2.75, 3.05) is 7.11 Å². The first-order chi connectivity index (χ1) is 10.7. The second kappa shape index (κ2) is 6.25. The van der Waals surface area contributed by atoms with E-state index in [1.165, 1.54) is 43.5 Å². The molecule has 23 heavy (non-hydrogen) atoms. The zero-order valence-corrected chi connectivity index (χ0v) is 13.6. The summed E-state index contributed by atoms with van der Waals surface area (Å²) in [4.78, 5) is 10.3. The van der Waals surface area contributed by atoms with E-state index in [-0.39, 0.29) is 10.6 Å². The Morgan fingerprint density at radius 2 is 1.70 bits per heavy atom. The molecule has 8 heteroatoms. The highest BCUT2D eigenvalue weighted by atomic mass is 32.2. The molecule has 0 saturated carbocycles. The van der Waals surface area contributed by atoms with Crippen molar-refractivity contribution in [1.29, 1.82) is 0 Å². The maximum atomic E-state index is 12.3. The second-order valence-electron chi connectivity index (χ2n) is 4.90. The Morgan fingerprint density at radius 3 is 2.26 bits per heavy atom. The normalized spacial score (nSPS) is 11.1. The van der Waals surface area contributed by atoms with E-state index in [9.17, 15) is 18.5 Å². The SMILES string of the molecule is COc1ccc(S(=O)(=O)Oc2ccc(C)cc2[N+](=O)[O-])cc1C. The summed E-state index contributed by atoms with van der Waals surface area (Å²) < 4.78 is 34.7. The molecule has 122 valence electrons. The van der Waals surface area contributed by atoms with Crippen LogP contribution in [0, 0.1) is 24.0 Å². The van der Waals surface area contributed by atoms with Crippen LogP contribution in [0.5, 0.6) is 11.5 Å². The van der Waals surface area contributed by atoms with Gasteiger partial charge >= 0.3 is 15.8 Å². The molecule has 0 aromatic heterocycles. The summed E-state index contributed by atoms with van der Waals surface area (Å²) in [5, 5.41) is 11.0. The minimum absolute atomic E-state index is 0.106. The summed E-state index contributed by atoms with van der Waals surface area (Å²) in [6.07, 6.45) is 0. The van der Waals surface area contributed by atoms with E-state index in [1.54, 1.807) is 13.8 Å². The molecule has 0 aliphatic carbocycles. The molecule has 0 N–H and O–H groups in total. The first kappa shape index (κ1) is 16.8. The van der Waals surface area contributed by atoms with Crippen LogP contribution in [0.4, 0.5) is 5.69 Å². The van der Waals surface area contributed by atoms with Gasteiger partial charge in [-0.05, 0) is 49.2 Å². The van der Waals surface area contributed by atoms with Crippen LogP contribution in [0.15, 0.2) is 41.3 Å². The predicted octanol–water partition coefficient (Wildman–Crippen LogP) is 2.99. The molecule has 2 aromatic rings. The molecule has 0 radical (unpaired) electrons. The molecule has 0 bridgehead atoms. The molecule has 0 aliphatic heterocycles. The van der Waals surface area contributed by atoms with Crippen LogP contribution in [0.25, 0.3) is 0 Å². The number of hydrogen-bond donors (Lipinski definition) is 0. The highest BCUT2D eigenvalue weighted by Gasteiger charge is 2.24. The summed E-state index contributed by atoms with van der Waals surface area (Å²) in [5.74, 6) is 0.208. The number of aryl methyl sites for hydroxylation is 2. The van der Waals surface area contributed by atoms with Crippen molar-refractivity contribution in [3.63, 3.8) is 0 Å². The molecule has 0 aliphatic rings. The van der Waals surface area contributed by atoms with Crippen LogP contribution >= 0.6 is 0 Å². The van der Waals surface area contributed by atoms with E-state index in [1.807, 2.05) is 0 Å². The lowest BCUT2D eigenvalue weighted by Crippen LogP contribution is -2.11. The Labute approximate surface area is 133 Å². The zero-order chi connectivity index (χ0) is 17.2. The van der Waals surface area contributed by atoms with E-state index in [0.29, 0.717) is 16.9 Å². The first-order valence-electron chi connectivity index (χ1n) is 6.59. The molecule has 0 spiro atoms. The van der Waals surface area contributed by atoms with Crippen molar-refractivity contribution in [2.45, 2.75) is 18.7 Å². The van der Waals surface area contributed by atoms with E-state index in [0.717, 1.165) is 0 Å². The number of nitrogens with zero attached hydrogens (tertiary/aromatic N) is 1. The summed E-state index contributed by atoms with van der Waals surface area (Å²) in [6.45, 7) is 3.35. The Kier molecular flexibility index (Phi) is 4.55. The fraction of sp³-hybridized carbons (Fsp3) is 0.200. The third-order valence-corrected chi connectivity index (χ3v) is 4.40. The summed E-state index contributed by atoms with van der Waals surface area (Å²) >= 11 is 0. The van der Waals surface area contributed by atoms with Crippen molar-refractivity contribution in [3.05, 3.63) is 57.6 Å². The molecule has 0 heterocycles. The molecular weight excluding hydrogens is 322 g/mol. The van der Waals surface area contributed by atoms with Crippen molar-refractivity contribution in [2.24, 2.45) is 0 Å². The van der Waals surface area contributed by atoms with Gasteiger partial charge in [0.25, 0.3) is 0 Å². The van der Waals surface area contributed by atoms with Gasteiger partial charge in [0.2, 0.25) is 5.75 Å². The van der Waals surface area contributed by atoms with Gasteiger partial charge in [-0.2, -0.15) is 8.42 Å². The lowest BCUT2D eigenvalue weighted by molar-refractivity contribution is -0.385. The van der Waals surface area contributed by atoms with Crippen LogP contribution in [0.1, 0.15) is 11.1 Å². The fourth-order valence-electron chi connectivity index (χ4n) is 2.01. The van der Waals surface area contributed by atoms with Gasteiger partial charge in [-0.1, -0.05) is 6.07 Å². The van der Waals surface area contributed by atoms with Gasteiger partial charge in [0.05, 0.1) is 12.0 Å². The third-order valence-electron chi connectivity index (χ3n) is 3.17. The van der Waals surface area contributed by atoms with Crippen molar-refractivity contribution < 1.29 is 22.3 Å². The number of nitro benzene ring substituents is 1. The van der Waals surface area contributed by atoms with Crippen LogP contribution in [0.2, 0.25) is 0 Å². The van der Waals surface area contributed by atoms with E-state index < -0.39 is 20.7 Å². The molecule has 0 fully saturated rings. The molecule has 0 atom stereocenters. The number of ether oxygens (including phenoxy) is 1. The Balaban J connectivity index is 2.43. The predicted molar refractivity (Wildman–Crippen MR) is 83.4 cm³/mol. The Bertz CT molecular complexity index is 860. The highest BCUT2D eigenvalue weighted by Crippen LogP contribution is 2.31. The Morgan fingerprint density at radius 1 is 1.04 bits per heavy atom. The number of benzene rings is 2. The number of methoxy groups -OCH3 is 1. The average molecular weight is 337 g/mol. The van der Waals surface area contributed by atoms with Crippen molar-refractivity contribution in [3.8, 4) is 11.5 Å². The second-order valence-corrected chi connectivity index (χ2v) is 6.44. The molecule has 0 saturated heterocycles. The van der Waals surface area contributed by atoms with Crippen LogP contribution in [-0.2, 0) is 10.1 Å². The monoisotopic (exact) mass is 337 g/mol. The van der Waals surface area contributed by atoms with Crippen LogP contribution in [0.3, 0.4) is 0 Å².